The summed E-state index contributed by atoms with van der Waals surface area (Å²) < 4.78 is 27.8. The lowest BCUT2D eigenvalue weighted by Gasteiger charge is -2.13. The van der Waals surface area contributed by atoms with Gasteiger partial charge < -0.3 is 10.4 Å². The summed E-state index contributed by atoms with van der Waals surface area (Å²) in [6.07, 6.45) is 3.76. The van der Waals surface area contributed by atoms with Crippen molar-refractivity contribution in [2.45, 2.75) is 25.3 Å². The molecule has 0 aromatic heterocycles. The molecule has 2 N–H and O–H groups in total. The van der Waals surface area contributed by atoms with E-state index >= 15 is 0 Å². The number of aromatic carboxylic acids is 1. The summed E-state index contributed by atoms with van der Waals surface area (Å²) in [7, 11) is 0. The van der Waals surface area contributed by atoms with E-state index in [0.717, 1.165) is 12.1 Å². The summed E-state index contributed by atoms with van der Waals surface area (Å²) in [6, 6.07) is 1.92. The molecule has 4 rings (SSSR count). The highest BCUT2D eigenvalue weighted by molar-refractivity contribution is 5.88. The van der Waals surface area contributed by atoms with Crippen LogP contribution in [0.25, 0.3) is 0 Å². The van der Waals surface area contributed by atoms with Gasteiger partial charge >= 0.3 is 5.97 Å². The van der Waals surface area contributed by atoms with Gasteiger partial charge in [0.2, 0.25) is 0 Å². The van der Waals surface area contributed by atoms with E-state index in [1.807, 2.05) is 0 Å². The van der Waals surface area contributed by atoms with E-state index < -0.39 is 17.6 Å². The van der Waals surface area contributed by atoms with Crippen molar-refractivity contribution in [3.63, 3.8) is 0 Å². The van der Waals surface area contributed by atoms with Gasteiger partial charge in [-0.15, -0.1) is 0 Å². The molecule has 3 saturated carbocycles. The zero-order valence-electron chi connectivity index (χ0n) is 10.8. The summed E-state index contributed by atoms with van der Waals surface area (Å²) in [4.78, 5) is 10.8. The molecule has 20 heavy (non-hydrogen) atoms. The first-order chi connectivity index (χ1) is 9.56. The molecule has 0 aliphatic heterocycles. The normalized spacial score (nSPS) is 36.8. The van der Waals surface area contributed by atoms with Crippen LogP contribution in [0.2, 0.25) is 0 Å². The molecule has 0 amide bonds. The number of halogens is 2. The lowest BCUT2D eigenvalue weighted by atomic mass is 10.0. The van der Waals surface area contributed by atoms with Crippen molar-refractivity contribution >= 4 is 11.7 Å². The van der Waals surface area contributed by atoms with Crippen LogP contribution in [0.15, 0.2) is 12.1 Å². The van der Waals surface area contributed by atoms with Gasteiger partial charge in [-0.05, 0) is 55.1 Å². The van der Waals surface area contributed by atoms with Crippen LogP contribution in [-0.2, 0) is 0 Å². The number of hydrogen-bond acceptors (Lipinski definition) is 2. The molecule has 0 saturated heterocycles. The highest BCUT2D eigenvalue weighted by Gasteiger charge is 2.65. The average molecular weight is 279 g/mol. The lowest BCUT2D eigenvalue weighted by molar-refractivity contribution is 0.0696. The Labute approximate surface area is 115 Å². The topological polar surface area (TPSA) is 49.3 Å². The van der Waals surface area contributed by atoms with E-state index in [1.165, 1.54) is 19.3 Å². The van der Waals surface area contributed by atoms with Gasteiger partial charge in [-0.3, -0.25) is 0 Å². The molecular weight excluding hydrogens is 264 g/mol. The molecule has 4 atom stereocenters. The van der Waals surface area contributed by atoms with Crippen molar-refractivity contribution < 1.29 is 18.7 Å². The van der Waals surface area contributed by atoms with Crippen LogP contribution < -0.4 is 5.32 Å². The third-order valence-electron chi connectivity index (χ3n) is 5.34. The SMILES string of the molecule is O=C(O)c1cc(F)c(NC2C3C4CCC(C4)C23)c(F)c1. The highest BCUT2D eigenvalue weighted by Crippen LogP contribution is 2.66. The predicted molar refractivity (Wildman–Crippen MR) is 68.5 cm³/mol. The smallest absolute Gasteiger partial charge is 0.335 e. The number of rotatable bonds is 3. The van der Waals surface area contributed by atoms with E-state index in [9.17, 15) is 13.6 Å². The van der Waals surface area contributed by atoms with E-state index in [1.54, 1.807) is 0 Å². The highest BCUT2D eigenvalue weighted by atomic mass is 19.1. The van der Waals surface area contributed by atoms with Crippen molar-refractivity contribution in [3.8, 4) is 0 Å². The molecule has 5 heteroatoms. The van der Waals surface area contributed by atoms with Gasteiger partial charge in [0, 0.05) is 6.04 Å². The fourth-order valence-corrected chi connectivity index (χ4v) is 4.52. The standard InChI is InChI=1S/C15H15F2NO2/c16-9-4-8(15(19)20)5-10(17)13(9)18-14-11-6-1-2-7(3-6)12(11)14/h4-7,11-12,14,18H,1-3H2,(H,19,20). The Morgan fingerprint density at radius 2 is 1.70 bits per heavy atom. The summed E-state index contributed by atoms with van der Waals surface area (Å²) >= 11 is 0. The van der Waals surface area contributed by atoms with Crippen LogP contribution >= 0.6 is 0 Å². The number of nitrogens with one attached hydrogen (secondary N) is 1. The van der Waals surface area contributed by atoms with Gasteiger partial charge in [-0.25, -0.2) is 13.6 Å². The summed E-state index contributed by atoms with van der Waals surface area (Å²) in [5, 5.41) is 11.8. The monoisotopic (exact) mass is 279 g/mol. The van der Waals surface area contributed by atoms with Crippen LogP contribution in [0, 0.1) is 35.3 Å². The molecule has 2 bridgehead atoms. The minimum atomic E-state index is -1.32. The Balaban J connectivity index is 1.57. The van der Waals surface area contributed by atoms with Gasteiger partial charge in [0.1, 0.15) is 17.3 Å². The molecule has 3 nitrogen and oxygen atoms in total. The van der Waals surface area contributed by atoms with Crippen LogP contribution in [-0.4, -0.2) is 17.1 Å². The van der Waals surface area contributed by atoms with Gasteiger partial charge in [0.25, 0.3) is 0 Å². The number of benzene rings is 1. The predicted octanol–water partition coefficient (Wildman–Crippen LogP) is 3.12. The maximum Gasteiger partial charge on any atom is 0.335 e. The van der Waals surface area contributed by atoms with Crippen molar-refractivity contribution in [2.75, 3.05) is 5.32 Å². The number of fused-ring (bicyclic) bond motifs is 5. The number of hydrogen-bond donors (Lipinski definition) is 2. The maximum atomic E-state index is 13.9. The minimum Gasteiger partial charge on any atom is -0.478 e. The van der Waals surface area contributed by atoms with Crippen molar-refractivity contribution in [2.24, 2.45) is 23.7 Å². The molecule has 4 unspecified atom stereocenters. The number of anilines is 1. The van der Waals surface area contributed by atoms with Crippen molar-refractivity contribution in [3.05, 3.63) is 29.3 Å². The first-order valence-corrected chi connectivity index (χ1v) is 7.05. The Morgan fingerprint density at radius 3 is 2.20 bits per heavy atom. The Kier molecular flexibility index (Phi) is 2.38. The molecule has 1 aromatic carbocycles. The van der Waals surface area contributed by atoms with Gasteiger partial charge in [-0.2, -0.15) is 0 Å². The molecule has 0 heterocycles. The van der Waals surface area contributed by atoms with E-state index in [0.29, 0.717) is 23.7 Å². The number of carboxylic acids is 1. The number of carboxylic acid groups (broad SMARTS) is 1. The third-order valence-corrected chi connectivity index (χ3v) is 5.34. The van der Waals surface area contributed by atoms with Crippen LogP contribution in [0.5, 0.6) is 0 Å². The van der Waals surface area contributed by atoms with Gasteiger partial charge in [-0.1, -0.05) is 0 Å². The fraction of sp³-hybridized carbons (Fsp3) is 0.533. The van der Waals surface area contributed by atoms with Crippen LogP contribution in [0.1, 0.15) is 29.6 Å². The van der Waals surface area contributed by atoms with Gasteiger partial charge in [0.05, 0.1) is 5.56 Å². The van der Waals surface area contributed by atoms with E-state index in [2.05, 4.69) is 5.32 Å². The molecule has 3 aliphatic carbocycles. The first-order valence-electron chi connectivity index (χ1n) is 7.05. The Bertz CT molecular complexity index is 565. The van der Waals surface area contributed by atoms with Crippen molar-refractivity contribution in [1.82, 2.24) is 0 Å². The molecule has 1 aromatic rings. The summed E-state index contributed by atoms with van der Waals surface area (Å²) in [5.41, 5.74) is -0.532. The zero-order chi connectivity index (χ0) is 14.0. The second kappa shape index (κ2) is 3.93. The largest absolute Gasteiger partial charge is 0.478 e. The second-order valence-electron chi connectivity index (χ2n) is 6.28. The maximum absolute atomic E-state index is 13.9. The number of carbonyl (C=O) groups is 1. The van der Waals surface area contributed by atoms with Crippen LogP contribution in [0.3, 0.4) is 0 Å². The van der Waals surface area contributed by atoms with E-state index in [4.69, 9.17) is 5.11 Å². The molecule has 0 radical (unpaired) electrons. The van der Waals surface area contributed by atoms with Crippen molar-refractivity contribution in [1.29, 1.82) is 0 Å². The zero-order valence-corrected chi connectivity index (χ0v) is 10.8. The van der Waals surface area contributed by atoms with E-state index in [-0.39, 0.29) is 17.3 Å². The molecule has 106 valence electrons. The molecule has 3 aliphatic rings. The average Bonchev–Trinajstić information content (AvgIpc) is 2.79. The summed E-state index contributed by atoms with van der Waals surface area (Å²) in [6.45, 7) is 0. The Morgan fingerprint density at radius 1 is 1.15 bits per heavy atom. The lowest BCUT2D eigenvalue weighted by Crippen LogP contribution is -2.15. The molecular formula is C15H15F2NO2. The second-order valence-corrected chi connectivity index (χ2v) is 6.28. The molecule has 0 spiro atoms. The third kappa shape index (κ3) is 1.58. The first kappa shape index (κ1) is 12.1. The fourth-order valence-electron chi connectivity index (χ4n) is 4.52. The quantitative estimate of drug-likeness (QED) is 0.893. The Hall–Kier alpha value is -1.65. The minimum absolute atomic E-state index is 0.168. The van der Waals surface area contributed by atoms with Gasteiger partial charge in [0.15, 0.2) is 0 Å². The van der Waals surface area contributed by atoms with Crippen LogP contribution in [0.4, 0.5) is 14.5 Å². The summed E-state index contributed by atoms with van der Waals surface area (Å²) in [5.74, 6) is -0.410. The molecule has 3 fully saturated rings.